The Balaban J connectivity index is 1.35. The molecule has 2 fully saturated rings. The van der Waals surface area contributed by atoms with Gasteiger partial charge in [0.05, 0.1) is 0 Å². The van der Waals surface area contributed by atoms with Gasteiger partial charge in [-0.3, -0.25) is 24.1 Å². The number of anilines is 1. The smallest absolute Gasteiger partial charge is 0.416 e. The Morgan fingerprint density at radius 3 is 2.70 bits per heavy atom. The van der Waals surface area contributed by atoms with Crippen LogP contribution in [0.25, 0.3) is 0 Å². The van der Waals surface area contributed by atoms with Gasteiger partial charge in [0, 0.05) is 37.5 Å². The van der Waals surface area contributed by atoms with Gasteiger partial charge in [-0.05, 0) is 30.7 Å². The highest BCUT2D eigenvalue weighted by Gasteiger charge is 2.57. The van der Waals surface area contributed by atoms with E-state index in [1.807, 2.05) is 6.92 Å². The van der Waals surface area contributed by atoms with Crippen LogP contribution in [0, 0.1) is 5.41 Å². The van der Waals surface area contributed by atoms with Crippen molar-refractivity contribution >= 4 is 69.7 Å². The molecule has 4 heterocycles. The molecule has 4 rings (SSSR count). The summed E-state index contributed by atoms with van der Waals surface area (Å²) in [7, 11) is 3.09. The number of nitrogens with one attached hydrogen (secondary N) is 1. The van der Waals surface area contributed by atoms with E-state index in [-0.39, 0.29) is 28.9 Å². The van der Waals surface area contributed by atoms with E-state index in [9.17, 15) is 29.1 Å². The highest BCUT2D eigenvalue weighted by Crippen LogP contribution is 2.44. The lowest BCUT2D eigenvalue weighted by Gasteiger charge is -2.53. The van der Waals surface area contributed by atoms with Gasteiger partial charge in [-0.1, -0.05) is 18.7 Å². The number of fused-ring (bicyclic) bond motifs is 1. The van der Waals surface area contributed by atoms with Crippen molar-refractivity contribution in [2.75, 3.05) is 30.0 Å². The van der Waals surface area contributed by atoms with Gasteiger partial charge in [0.15, 0.2) is 5.13 Å². The maximum atomic E-state index is 12.9. The number of aliphatic carboxylic acids is 1. The van der Waals surface area contributed by atoms with Crippen molar-refractivity contribution in [3.63, 3.8) is 0 Å². The Kier molecular flexibility index (Phi) is 8.41. The molecule has 0 saturated carbocycles. The molecule has 2 aromatic heterocycles. The van der Waals surface area contributed by atoms with Crippen molar-refractivity contribution in [3.05, 3.63) is 11.1 Å². The molecule has 2 aromatic rings. The first-order valence-corrected chi connectivity index (χ1v) is 15.0. The number of thiazole rings is 1. The largest absolute Gasteiger partial charge is 0.481 e. The number of β-lactam (4-membered cyclic amide) rings is 1. The molecule has 0 aliphatic carbocycles. The van der Waals surface area contributed by atoms with Crippen molar-refractivity contribution in [2.24, 2.45) is 12.5 Å². The third-order valence-corrected chi connectivity index (χ3v) is 10.5. The van der Waals surface area contributed by atoms with Gasteiger partial charge in [-0.15, -0.1) is 28.2 Å². The van der Waals surface area contributed by atoms with Gasteiger partial charge in [0.2, 0.25) is 11.1 Å². The van der Waals surface area contributed by atoms with E-state index in [0.717, 1.165) is 16.2 Å². The number of ketones is 1. The molecule has 0 bridgehead atoms. The molecule has 2 N–H and O–H groups in total. The lowest BCUT2D eigenvalue weighted by molar-refractivity contribution is -0.157. The van der Waals surface area contributed by atoms with Crippen LogP contribution in [0.1, 0.15) is 37.7 Å². The first-order chi connectivity index (χ1) is 18.8. The molecule has 3 amide bonds. The minimum Gasteiger partial charge on any atom is -0.481 e. The van der Waals surface area contributed by atoms with E-state index in [1.165, 1.54) is 45.5 Å². The molecule has 2 aliphatic heterocycles. The molecule has 0 radical (unpaired) electrons. The quantitative estimate of drug-likeness (QED) is 0.167. The fourth-order valence-corrected chi connectivity index (χ4v) is 7.22. The van der Waals surface area contributed by atoms with Crippen LogP contribution in [0.2, 0.25) is 0 Å². The van der Waals surface area contributed by atoms with E-state index < -0.39 is 52.1 Å². The monoisotopic (exact) mass is 612 g/mol. The summed E-state index contributed by atoms with van der Waals surface area (Å²) in [6.07, 6.45) is -0.0509. The van der Waals surface area contributed by atoms with Gasteiger partial charge in [0.25, 0.3) is 11.7 Å². The van der Waals surface area contributed by atoms with Gasteiger partial charge in [-0.2, -0.15) is 0 Å². The van der Waals surface area contributed by atoms with Gasteiger partial charge < -0.3 is 20.1 Å². The average Bonchev–Trinajstić information content (AvgIpc) is 3.58. The molecule has 2 unspecified atom stereocenters. The number of ether oxygens (including phenoxy) is 1. The topological polar surface area (TPSA) is 190 Å². The second-order valence-corrected chi connectivity index (χ2v) is 12.8. The number of carbonyl (C=O) groups excluding carboxylic acids is 4. The Bertz CT molecular complexity index is 1350. The SMILES string of the molecule is CCC(C)(C)OC(=O)N(C)c1nc(C(=O)C(=O)NC2C(=O)N3CC(CSc4nnnn4C)(C(=O)O)CS[C@H]23)cs1. The zero-order valence-electron chi connectivity index (χ0n) is 22.3. The molecule has 40 heavy (non-hydrogen) atoms. The summed E-state index contributed by atoms with van der Waals surface area (Å²) >= 11 is 3.40. The van der Waals surface area contributed by atoms with Crippen molar-refractivity contribution < 1.29 is 33.8 Å². The molecule has 0 aromatic carbocycles. The fourth-order valence-electron chi connectivity index (χ4n) is 3.75. The third kappa shape index (κ3) is 5.78. The molecular formula is C22H28N8O7S3. The maximum absolute atomic E-state index is 12.9. The lowest BCUT2D eigenvalue weighted by atomic mass is 9.89. The van der Waals surface area contributed by atoms with Crippen molar-refractivity contribution in [1.29, 1.82) is 0 Å². The Morgan fingerprint density at radius 2 is 2.08 bits per heavy atom. The van der Waals surface area contributed by atoms with Crippen LogP contribution in [-0.4, -0.2) is 107 Å². The fraction of sp³-hybridized carbons (Fsp3) is 0.591. The third-order valence-electron chi connectivity index (χ3n) is 6.65. The number of aromatic nitrogens is 5. The Hall–Kier alpha value is -3.25. The number of nitrogens with zero attached hydrogens (tertiary/aromatic N) is 7. The second kappa shape index (κ2) is 11.3. The van der Waals surface area contributed by atoms with Crippen LogP contribution in [0.5, 0.6) is 0 Å². The summed E-state index contributed by atoms with van der Waals surface area (Å²) in [5, 5.41) is 25.0. The predicted molar refractivity (Wildman–Crippen MR) is 145 cm³/mol. The van der Waals surface area contributed by atoms with Crippen molar-refractivity contribution in [1.82, 2.24) is 35.4 Å². The number of hydrogen-bond donors (Lipinski definition) is 2. The zero-order chi connectivity index (χ0) is 29.4. The number of Topliss-reactive ketones (excluding diaryl/α,β-unsaturated/α-hetero) is 1. The van der Waals surface area contributed by atoms with Crippen LogP contribution >= 0.6 is 34.9 Å². The maximum Gasteiger partial charge on any atom is 0.416 e. The van der Waals surface area contributed by atoms with Gasteiger partial charge >= 0.3 is 12.1 Å². The molecule has 18 heteroatoms. The van der Waals surface area contributed by atoms with E-state index >= 15 is 0 Å². The van der Waals surface area contributed by atoms with Crippen LogP contribution in [0.15, 0.2) is 10.5 Å². The second-order valence-electron chi connectivity index (χ2n) is 9.96. The van der Waals surface area contributed by atoms with E-state index in [0.29, 0.717) is 11.6 Å². The normalized spacial score (nSPS) is 22.2. The summed E-state index contributed by atoms with van der Waals surface area (Å²) in [5.74, 6) is -3.19. The van der Waals surface area contributed by atoms with Crippen LogP contribution in [0.3, 0.4) is 0 Å². The van der Waals surface area contributed by atoms with Gasteiger partial charge in [-0.25, -0.2) is 14.5 Å². The first-order valence-electron chi connectivity index (χ1n) is 12.1. The number of hydrogen-bond acceptors (Lipinski definition) is 13. The van der Waals surface area contributed by atoms with Crippen LogP contribution < -0.4 is 10.2 Å². The summed E-state index contributed by atoms with van der Waals surface area (Å²) < 4.78 is 6.85. The van der Waals surface area contributed by atoms with Crippen LogP contribution in [0.4, 0.5) is 9.93 Å². The molecule has 0 spiro atoms. The number of carbonyl (C=O) groups is 5. The molecule has 216 valence electrons. The highest BCUT2D eigenvalue weighted by molar-refractivity contribution is 8.00. The molecular weight excluding hydrogens is 584 g/mol. The first kappa shape index (κ1) is 29.7. The molecule has 15 nitrogen and oxygen atoms in total. The van der Waals surface area contributed by atoms with Crippen molar-refractivity contribution in [2.45, 2.75) is 49.4 Å². The van der Waals surface area contributed by atoms with E-state index in [4.69, 9.17) is 4.74 Å². The molecule has 3 atom stereocenters. The number of carboxylic acids is 1. The highest BCUT2D eigenvalue weighted by atomic mass is 32.2. The van der Waals surface area contributed by atoms with E-state index in [2.05, 4.69) is 25.8 Å². The zero-order valence-corrected chi connectivity index (χ0v) is 24.8. The van der Waals surface area contributed by atoms with Gasteiger partial charge in [0.1, 0.15) is 28.1 Å². The lowest BCUT2D eigenvalue weighted by Crippen LogP contribution is -2.74. The summed E-state index contributed by atoms with van der Waals surface area (Å²) in [6.45, 7) is 5.37. The Morgan fingerprint density at radius 1 is 1.35 bits per heavy atom. The Labute approximate surface area is 241 Å². The average molecular weight is 613 g/mol. The van der Waals surface area contributed by atoms with Crippen molar-refractivity contribution in [3.8, 4) is 0 Å². The van der Waals surface area contributed by atoms with Crippen LogP contribution in [-0.2, 0) is 26.2 Å². The number of thioether (sulfide) groups is 2. The summed E-state index contributed by atoms with van der Waals surface area (Å²) in [6, 6.07) is -0.976. The minimum absolute atomic E-state index is 0.0514. The number of amides is 3. The summed E-state index contributed by atoms with van der Waals surface area (Å²) in [5.41, 5.74) is -2.10. The number of tetrazole rings is 1. The predicted octanol–water partition coefficient (Wildman–Crippen LogP) is 0.874. The number of rotatable bonds is 10. The standard InChI is InChI=1S/C22H28N8O7S3/c1-6-21(2,3)37-20(36)28(4)18-23-11(7-38-18)13(31)14(32)24-12-15(33)30-8-22(17(34)35,9-39-16(12)30)10-40-19-25-26-27-29(19)5/h7,12,16H,6,8-10H2,1-5H3,(H,24,32)(H,34,35)/t12?,16-,22?/m1/s1. The summed E-state index contributed by atoms with van der Waals surface area (Å²) in [4.78, 5) is 69.6. The number of aryl methyl sites for hydroxylation is 1. The minimum atomic E-state index is -1.24. The number of carboxylic acid groups (broad SMARTS) is 1. The molecule has 2 aliphatic rings. The molecule has 2 saturated heterocycles. The van der Waals surface area contributed by atoms with E-state index in [1.54, 1.807) is 20.9 Å².